The third-order valence-corrected chi connectivity index (χ3v) is 7.61. The molecular formula is C34H33FN6O4. The molecule has 10 nitrogen and oxygen atoms in total. The second kappa shape index (κ2) is 13.6. The van der Waals surface area contributed by atoms with Crippen LogP contribution in [0.3, 0.4) is 0 Å². The van der Waals surface area contributed by atoms with Gasteiger partial charge in [-0.05, 0) is 35.4 Å². The number of hydrogen-bond acceptors (Lipinski definition) is 6. The number of amides is 2. The molecule has 0 atom stereocenters. The van der Waals surface area contributed by atoms with Crippen molar-refractivity contribution in [3.8, 4) is 5.75 Å². The topological polar surface area (TPSA) is 106 Å². The number of hydrogen-bond donors (Lipinski definition) is 1. The van der Waals surface area contributed by atoms with Gasteiger partial charge in [-0.3, -0.25) is 19.0 Å². The van der Waals surface area contributed by atoms with Gasteiger partial charge in [0.1, 0.15) is 35.3 Å². The average molecular weight is 609 g/mol. The van der Waals surface area contributed by atoms with Crippen LogP contribution in [0.1, 0.15) is 43.5 Å². The number of carbonyl (C=O) groups excluding carboxylic acids is 2. The van der Waals surface area contributed by atoms with E-state index in [9.17, 15) is 14.0 Å². The Morgan fingerprint density at radius 1 is 0.667 bits per heavy atom. The van der Waals surface area contributed by atoms with E-state index in [-0.39, 0.29) is 30.8 Å². The second-order valence-electron chi connectivity index (χ2n) is 10.8. The highest BCUT2D eigenvalue weighted by atomic mass is 19.1. The van der Waals surface area contributed by atoms with Crippen molar-refractivity contribution < 1.29 is 23.8 Å². The van der Waals surface area contributed by atoms with Crippen molar-refractivity contribution in [2.45, 2.75) is 39.4 Å². The maximum absolute atomic E-state index is 13.2. The molecular weight excluding hydrogens is 575 g/mol. The van der Waals surface area contributed by atoms with Gasteiger partial charge in [-0.15, -0.1) is 0 Å². The zero-order valence-electron chi connectivity index (χ0n) is 24.6. The molecule has 2 aliphatic heterocycles. The van der Waals surface area contributed by atoms with E-state index < -0.39 is 0 Å². The van der Waals surface area contributed by atoms with Gasteiger partial charge in [-0.2, -0.15) is 10.2 Å². The Bertz CT molecular complexity index is 1770. The largest absolute Gasteiger partial charge is 0.487 e. The van der Waals surface area contributed by atoms with Gasteiger partial charge in [0.15, 0.2) is 0 Å². The van der Waals surface area contributed by atoms with E-state index in [2.05, 4.69) is 10.2 Å². The minimum atomic E-state index is -0.349. The van der Waals surface area contributed by atoms with Crippen molar-refractivity contribution in [3.63, 3.8) is 0 Å². The number of nitrogens with zero attached hydrogens (tertiary/aromatic N) is 6. The second-order valence-corrected chi connectivity index (χ2v) is 10.8. The van der Waals surface area contributed by atoms with Crippen LogP contribution in [0.15, 0.2) is 97.1 Å². The lowest BCUT2D eigenvalue weighted by molar-refractivity contribution is 0.0676. The van der Waals surface area contributed by atoms with E-state index in [1.165, 1.54) is 12.1 Å². The number of carbonyl (C=O) groups is 2. The number of ether oxygens (including phenoxy) is 1. The summed E-state index contributed by atoms with van der Waals surface area (Å²) in [6, 6.07) is 29.2. The first-order valence-electron chi connectivity index (χ1n) is 14.8. The van der Waals surface area contributed by atoms with Crippen LogP contribution in [0, 0.1) is 5.82 Å². The average Bonchev–Trinajstić information content (AvgIpc) is 3.69. The minimum absolute atomic E-state index is 0.0256. The van der Waals surface area contributed by atoms with Crippen LogP contribution in [0.4, 0.5) is 4.39 Å². The Balaban J connectivity index is 0.000000167. The SMILES string of the molecule is O=C1c2cc(CO)nn2CCN1Cc1ccccc1.O=C1c2cc(COc3cccc(F)c3)nn2CCN1Cc1ccccc1. The highest BCUT2D eigenvalue weighted by Gasteiger charge is 2.27. The van der Waals surface area contributed by atoms with Crippen molar-refractivity contribution in [3.05, 3.63) is 137 Å². The van der Waals surface area contributed by atoms with E-state index in [4.69, 9.17) is 9.84 Å². The minimum Gasteiger partial charge on any atom is -0.487 e. The molecule has 1 N–H and O–H groups in total. The quantitative estimate of drug-likeness (QED) is 0.282. The van der Waals surface area contributed by atoms with E-state index >= 15 is 0 Å². The molecule has 2 aliphatic rings. The molecule has 0 saturated carbocycles. The molecule has 0 unspecified atom stereocenters. The van der Waals surface area contributed by atoms with E-state index in [0.29, 0.717) is 67.8 Å². The number of aromatic nitrogens is 4. The molecule has 3 aromatic carbocycles. The fourth-order valence-electron chi connectivity index (χ4n) is 5.35. The standard InChI is InChI=1S/C20H18FN3O2.C14H15N3O2/c21-16-7-4-8-18(11-16)26-14-17-12-19-20(25)23(9-10-24(19)22-17)13-15-5-2-1-3-6-15;18-10-12-8-13-14(19)16(6-7-17(13)15-12)9-11-4-2-1-3-5-11/h1-8,11-12H,9-10,13-14H2;1-5,8,18H,6-7,9-10H2. The van der Waals surface area contributed by atoms with Gasteiger partial charge in [0, 0.05) is 32.2 Å². The maximum atomic E-state index is 13.2. The summed E-state index contributed by atoms with van der Waals surface area (Å²) in [7, 11) is 0. The molecule has 0 radical (unpaired) electrons. The lowest BCUT2D eigenvalue weighted by atomic mass is 10.2. The first kappa shape index (κ1) is 29.8. The van der Waals surface area contributed by atoms with Gasteiger partial charge in [0.05, 0.1) is 25.4 Å². The fourth-order valence-corrected chi connectivity index (χ4v) is 5.35. The van der Waals surface area contributed by atoms with Crippen molar-refractivity contribution in [1.82, 2.24) is 29.4 Å². The fraction of sp³-hybridized carbons (Fsp3) is 0.235. The monoisotopic (exact) mass is 608 g/mol. The Labute approximate surface area is 259 Å². The summed E-state index contributed by atoms with van der Waals surface area (Å²) < 4.78 is 22.2. The number of aliphatic hydroxyl groups is 1. The number of aliphatic hydroxyl groups excluding tert-OH is 1. The van der Waals surface area contributed by atoms with Crippen LogP contribution in [0.2, 0.25) is 0 Å². The van der Waals surface area contributed by atoms with Crippen molar-refractivity contribution >= 4 is 11.8 Å². The highest BCUT2D eigenvalue weighted by Crippen LogP contribution is 2.19. The lowest BCUT2D eigenvalue weighted by Gasteiger charge is -2.27. The molecule has 0 spiro atoms. The van der Waals surface area contributed by atoms with Crippen LogP contribution in [0.5, 0.6) is 5.75 Å². The van der Waals surface area contributed by atoms with Crippen molar-refractivity contribution in [1.29, 1.82) is 0 Å². The summed E-state index contributed by atoms with van der Waals surface area (Å²) in [5.74, 6) is 0.0262. The van der Waals surface area contributed by atoms with Crippen LogP contribution < -0.4 is 4.74 Å². The van der Waals surface area contributed by atoms with Crippen molar-refractivity contribution in [2.75, 3.05) is 13.1 Å². The predicted octanol–water partition coefficient (Wildman–Crippen LogP) is 4.29. The summed E-state index contributed by atoms with van der Waals surface area (Å²) in [4.78, 5) is 28.7. The first-order chi connectivity index (χ1) is 22.0. The number of rotatable bonds is 8. The number of benzene rings is 3. The van der Waals surface area contributed by atoms with Crippen LogP contribution in [-0.4, -0.2) is 59.4 Å². The van der Waals surface area contributed by atoms with Crippen LogP contribution in [0.25, 0.3) is 0 Å². The third-order valence-electron chi connectivity index (χ3n) is 7.61. The molecule has 0 aliphatic carbocycles. The summed E-state index contributed by atoms with van der Waals surface area (Å²) >= 11 is 0. The summed E-state index contributed by atoms with van der Waals surface area (Å²) in [5, 5.41) is 17.7. The summed E-state index contributed by atoms with van der Waals surface area (Å²) in [5.41, 5.74) is 4.54. The molecule has 4 heterocycles. The van der Waals surface area contributed by atoms with Crippen LogP contribution >= 0.6 is 0 Å². The van der Waals surface area contributed by atoms with Gasteiger partial charge in [0.2, 0.25) is 0 Å². The van der Waals surface area contributed by atoms with E-state index in [0.717, 1.165) is 11.1 Å². The van der Waals surface area contributed by atoms with Gasteiger partial charge >= 0.3 is 0 Å². The molecule has 230 valence electrons. The smallest absolute Gasteiger partial charge is 0.272 e. The zero-order valence-corrected chi connectivity index (χ0v) is 24.6. The normalized spacial score (nSPS) is 14.0. The summed E-state index contributed by atoms with van der Waals surface area (Å²) in [6.45, 7) is 3.84. The predicted molar refractivity (Wildman–Crippen MR) is 163 cm³/mol. The van der Waals surface area contributed by atoms with Gasteiger partial charge in [-0.1, -0.05) is 66.7 Å². The van der Waals surface area contributed by atoms with Gasteiger partial charge < -0.3 is 19.6 Å². The first-order valence-corrected chi connectivity index (χ1v) is 14.8. The molecule has 11 heteroatoms. The molecule has 0 bridgehead atoms. The zero-order chi connectivity index (χ0) is 31.2. The number of fused-ring (bicyclic) bond motifs is 2. The van der Waals surface area contributed by atoms with Crippen LogP contribution in [-0.2, 0) is 39.4 Å². The number of halogens is 1. The Kier molecular flexibility index (Phi) is 8.97. The Morgan fingerprint density at radius 3 is 1.73 bits per heavy atom. The highest BCUT2D eigenvalue weighted by molar-refractivity contribution is 5.93. The molecule has 0 saturated heterocycles. The van der Waals surface area contributed by atoms with E-state index in [1.807, 2.05) is 70.5 Å². The lowest BCUT2D eigenvalue weighted by Crippen LogP contribution is -2.39. The molecule has 2 amide bonds. The molecule has 5 aromatic rings. The Morgan fingerprint density at radius 2 is 1.20 bits per heavy atom. The maximum Gasteiger partial charge on any atom is 0.272 e. The molecule has 7 rings (SSSR count). The molecule has 0 fully saturated rings. The molecule has 2 aromatic heterocycles. The molecule has 45 heavy (non-hydrogen) atoms. The van der Waals surface area contributed by atoms with Gasteiger partial charge in [0.25, 0.3) is 11.8 Å². The van der Waals surface area contributed by atoms with E-state index in [1.54, 1.807) is 33.6 Å². The summed E-state index contributed by atoms with van der Waals surface area (Å²) in [6.07, 6.45) is 0. The Hall–Kier alpha value is -5.29. The van der Waals surface area contributed by atoms with Crippen molar-refractivity contribution in [2.24, 2.45) is 0 Å². The third kappa shape index (κ3) is 7.10. The van der Waals surface area contributed by atoms with Gasteiger partial charge in [-0.25, -0.2) is 4.39 Å².